The number of nitrogens with zero attached hydrogens (tertiary/aromatic N) is 2. The standard InChI is InChI=1S/C16H16ClFN2O2/c17-12-8-13(18)15(19-9-12)20-7-6-16(22,14(21)10-20)11-4-2-1-3-5-11/h1-5,8-9,14,21-22H,6-7,10H2/t14-,16-/m0/s1. The van der Waals surface area contributed by atoms with E-state index in [1.807, 2.05) is 18.2 Å². The van der Waals surface area contributed by atoms with Crippen molar-refractivity contribution in [2.24, 2.45) is 0 Å². The molecule has 2 N–H and O–H groups in total. The molecule has 0 bridgehead atoms. The molecule has 0 spiro atoms. The van der Waals surface area contributed by atoms with Crippen molar-refractivity contribution in [3.8, 4) is 0 Å². The third-order valence-corrected chi connectivity index (χ3v) is 4.28. The van der Waals surface area contributed by atoms with Gasteiger partial charge in [-0.3, -0.25) is 0 Å². The fourth-order valence-corrected chi connectivity index (χ4v) is 2.96. The Bertz CT molecular complexity index is 670. The molecule has 1 aromatic heterocycles. The van der Waals surface area contributed by atoms with Gasteiger partial charge in [0.15, 0.2) is 11.6 Å². The van der Waals surface area contributed by atoms with Gasteiger partial charge in [0.25, 0.3) is 0 Å². The molecule has 2 atom stereocenters. The summed E-state index contributed by atoms with van der Waals surface area (Å²) in [4.78, 5) is 5.60. The Balaban J connectivity index is 1.83. The van der Waals surface area contributed by atoms with E-state index in [2.05, 4.69) is 4.98 Å². The second-order valence-electron chi connectivity index (χ2n) is 5.46. The Labute approximate surface area is 132 Å². The quantitative estimate of drug-likeness (QED) is 0.891. The van der Waals surface area contributed by atoms with Crippen LogP contribution in [0.3, 0.4) is 0 Å². The van der Waals surface area contributed by atoms with E-state index in [9.17, 15) is 14.6 Å². The number of aliphatic hydroxyl groups is 2. The van der Waals surface area contributed by atoms with Crippen molar-refractivity contribution >= 4 is 17.4 Å². The minimum Gasteiger partial charge on any atom is -0.388 e. The summed E-state index contributed by atoms with van der Waals surface area (Å²) in [7, 11) is 0. The van der Waals surface area contributed by atoms with Crippen LogP contribution >= 0.6 is 11.6 Å². The minimum atomic E-state index is -1.33. The fourth-order valence-electron chi connectivity index (χ4n) is 2.82. The van der Waals surface area contributed by atoms with Gasteiger partial charge in [-0.25, -0.2) is 9.37 Å². The molecule has 2 aromatic rings. The normalized spacial score (nSPS) is 25.3. The number of hydrogen-bond acceptors (Lipinski definition) is 4. The van der Waals surface area contributed by atoms with E-state index in [1.54, 1.807) is 17.0 Å². The second kappa shape index (κ2) is 5.83. The molecule has 1 fully saturated rings. The van der Waals surface area contributed by atoms with Crippen molar-refractivity contribution in [2.75, 3.05) is 18.0 Å². The number of hydrogen-bond donors (Lipinski definition) is 2. The first-order valence-corrected chi connectivity index (χ1v) is 7.40. The zero-order valence-electron chi connectivity index (χ0n) is 11.8. The van der Waals surface area contributed by atoms with Crippen LogP contribution < -0.4 is 4.90 Å². The van der Waals surface area contributed by atoms with E-state index in [4.69, 9.17) is 11.6 Å². The van der Waals surface area contributed by atoms with Gasteiger partial charge in [0.05, 0.1) is 5.02 Å². The number of β-amino-alcohol motifs (C(OH)–C–C–N with tert-alkyl or cyclic N) is 1. The number of aliphatic hydroxyl groups excluding tert-OH is 1. The zero-order valence-corrected chi connectivity index (χ0v) is 12.5. The highest BCUT2D eigenvalue weighted by atomic mass is 35.5. The summed E-state index contributed by atoms with van der Waals surface area (Å²) in [5.74, 6) is -0.400. The summed E-state index contributed by atoms with van der Waals surface area (Å²) in [6.07, 6.45) is 0.604. The Morgan fingerprint density at radius 1 is 1.32 bits per heavy atom. The van der Waals surface area contributed by atoms with Gasteiger partial charge in [-0.1, -0.05) is 41.9 Å². The highest BCUT2D eigenvalue weighted by Gasteiger charge is 2.42. The van der Waals surface area contributed by atoms with Crippen LogP contribution in [0.4, 0.5) is 10.2 Å². The van der Waals surface area contributed by atoms with Gasteiger partial charge in [-0.05, 0) is 11.6 Å². The average Bonchev–Trinajstić information content (AvgIpc) is 2.51. The molecule has 3 rings (SSSR count). The number of halogens is 2. The summed E-state index contributed by atoms with van der Waals surface area (Å²) >= 11 is 5.70. The van der Waals surface area contributed by atoms with Crippen molar-refractivity contribution in [3.63, 3.8) is 0 Å². The maximum Gasteiger partial charge on any atom is 0.167 e. The van der Waals surface area contributed by atoms with Crippen molar-refractivity contribution in [3.05, 3.63) is 59.0 Å². The summed E-state index contributed by atoms with van der Waals surface area (Å²) < 4.78 is 13.9. The Hall–Kier alpha value is -1.69. The maximum atomic E-state index is 13.9. The fraction of sp³-hybridized carbons (Fsp3) is 0.312. The maximum absolute atomic E-state index is 13.9. The van der Waals surface area contributed by atoms with Gasteiger partial charge in [0.2, 0.25) is 0 Å². The van der Waals surface area contributed by atoms with Crippen molar-refractivity contribution in [1.29, 1.82) is 0 Å². The van der Waals surface area contributed by atoms with E-state index in [1.165, 1.54) is 12.3 Å². The molecule has 0 amide bonds. The highest BCUT2D eigenvalue weighted by molar-refractivity contribution is 6.30. The molecule has 0 aliphatic carbocycles. The Morgan fingerprint density at radius 2 is 2.05 bits per heavy atom. The number of aromatic nitrogens is 1. The molecule has 4 nitrogen and oxygen atoms in total. The minimum absolute atomic E-state index is 0.0942. The Kier molecular flexibility index (Phi) is 4.04. The van der Waals surface area contributed by atoms with Gasteiger partial charge < -0.3 is 15.1 Å². The van der Waals surface area contributed by atoms with Crippen LogP contribution in [0.25, 0.3) is 0 Å². The third-order valence-electron chi connectivity index (χ3n) is 4.07. The predicted molar refractivity (Wildman–Crippen MR) is 82.4 cm³/mol. The van der Waals surface area contributed by atoms with Crippen molar-refractivity contribution in [2.45, 2.75) is 18.1 Å². The van der Waals surface area contributed by atoms with E-state index >= 15 is 0 Å². The molecule has 1 aliphatic rings. The summed E-state index contributed by atoms with van der Waals surface area (Å²) in [6, 6.07) is 10.2. The molecule has 0 saturated carbocycles. The number of rotatable bonds is 2. The summed E-state index contributed by atoms with van der Waals surface area (Å²) in [6.45, 7) is 0.477. The van der Waals surface area contributed by atoms with Crippen LogP contribution in [0.2, 0.25) is 5.02 Å². The van der Waals surface area contributed by atoms with Crippen LogP contribution in [-0.4, -0.2) is 34.4 Å². The number of anilines is 1. The van der Waals surface area contributed by atoms with Crippen LogP contribution in [-0.2, 0) is 5.60 Å². The van der Waals surface area contributed by atoms with Crippen LogP contribution in [0, 0.1) is 5.82 Å². The smallest absolute Gasteiger partial charge is 0.167 e. The van der Waals surface area contributed by atoms with Crippen molar-refractivity contribution in [1.82, 2.24) is 4.98 Å². The second-order valence-corrected chi connectivity index (χ2v) is 5.90. The number of benzene rings is 1. The van der Waals surface area contributed by atoms with Gasteiger partial charge >= 0.3 is 0 Å². The first-order chi connectivity index (χ1) is 10.5. The molecule has 2 heterocycles. The number of piperidine rings is 1. The van der Waals surface area contributed by atoms with Gasteiger partial charge in [0.1, 0.15) is 11.7 Å². The molecular weight excluding hydrogens is 307 g/mol. The zero-order chi connectivity index (χ0) is 15.7. The molecular formula is C16H16ClFN2O2. The molecule has 22 heavy (non-hydrogen) atoms. The van der Waals surface area contributed by atoms with Gasteiger partial charge in [-0.2, -0.15) is 0 Å². The van der Waals surface area contributed by atoms with Gasteiger partial charge in [0, 0.05) is 25.7 Å². The molecule has 0 unspecified atom stereocenters. The monoisotopic (exact) mass is 322 g/mol. The predicted octanol–water partition coefficient (Wildman–Crippen LogP) is 2.33. The first-order valence-electron chi connectivity index (χ1n) is 7.02. The van der Waals surface area contributed by atoms with Crippen LogP contribution in [0.5, 0.6) is 0 Å². The van der Waals surface area contributed by atoms with E-state index in [0.717, 1.165) is 0 Å². The van der Waals surface area contributed by atoms with E-state index in [0.29, 0.717) is 12.1 Å². The van der Waals surface area contributed by atoms with Crippen molar-refractivity contribution < 1.29 is 14.6 Å². The van der Waals surface area contributed by atoms with E-state index < -0.39 is 17.5 Å². The van der Waals surface area contributed by atoms with Crippen LogP contribution in [0.1, 0.15) is 12.0 Å². The lowest BCUT2D eigenvalue weighted by Crippen LogP contribution is -2.54. The van der Waals surface area contributed by atoms with Crippen LogP contribution in [0.15, 0.2) is 42.6 Å². The molecule has 1 saturated heterocycles. The van der Waals surface area contributed by atoms with Gasteiger partial charge in [-0.15, -0.1) is 0 Å². The first kappa shape index (κ1) is 15.2. The summed E-state index contributed by atoms with van der Waals surface area (Å²) in [5, 5.41) is 21.4. The molecule has 1 aliphatic heterocycles. The molecule has 6 heteroatoms. The third kappa shape index (κ3) is 2.67. The SMILES string of the molecule is O[C@H]1CN(c2ncc(Cl)cc2F)CC[C@]1(O)c1ccccc1. The largest absolute Gasteiger partial charge is 0.388 e. The summed E-state index contributed by atoms with van der Waals surface area (Å²) in [5.41, 5.74) is -0.674. The molecule has 0 radical (unpaired) electrons. The number of pyridine rings is 1. The topological polar surface area (TPSA) is 56.6 Å². The lowest BCUT2D eigenvalue weighted by Gasteiger charge is -2.42. The highest BCUT2D eigenvalue weighted by Crippen LogP contribution is 2.35. The lowest BCUT2D eigenvalue weighted by molar-refractivity contribution is -0.0919. The molecule has 116 valence electrons. The Morgan fingerprint density at radius 3 is 2.68 bits per heavy atom. The van der Waals surface area contributed by atoms with E-state index in [-0.39, 0.29) is 23.8 Å². The average molecular weight is 323 g/mol. The lowest BCUT2D eigenvalue weighted by atomic mass is 9.82. The molecule has 1 aromatic carbocycles.